The number of hydrogen-bond acceptors (Lipinski definition) is 2. The molecule has 3 nitrogen and oxygen atoms in total. The molecule has 2 rings (SSSR count). The van der Waals surface area contributed by atoms with E-state index in [0.29, 0.717) is 12.4 Å². The Morgan fingerprint density at radius 3 is 2.06 bits per heavy atom. The number of halogens is 1. The van der Waals surface area contributed by atoms with Crippen LogP contribution in [0.25, 0.3) is 0 Å². The van der Waals surface area contributed by atoms with E-state index in [1.165, 1.54) is 6.42 Å². The first-order chi connectivity index (χ1) is 8.66. The first kappa shape index (κ1) is 14.6. The van der Waals surface area contributed by atoms with Gasteiger partial charge in [0.2, 0.25) is 10.0 Å². The predicted molar refractivity (Wildman–Crippen MR) is 75.5 cm³/mol. The summed E-state index contributed by atoms with van der Waals surface area (Å²) in [6.07, 6.45) is 9.39. The van der Waals surface area contributed by atoms with E-state index >= 15 is 0 Å². The maximum atomic E-state index is 12.7. The smallest absolute Gasteiger partial charge is 0.212 e. The van der Waals surface area contributed by atoms with Crippen LogP contribution in [-0.2, 0) is 10.0 Å². The van der Waals surface area contributed by atoms with Crippen LogP contribution in [0, 0.1) is 0 Å². The monoisotopic (exact) mass is 293 g/mol. The van der Waals surface area contributed by atoms with Gasteiger partial charge in [-0.3, -0.25) is 0 Å². The van der Waals surface area contributed by atoms with Gasteiger partial charge in [0.1, 0.15) is 0 Å². The topological polar surface area (TPSA) is 37.4 Å². The molecule has 0 bridgehead atoms. The van der Waals surface area contributed by atoms with Gasteiger partial charge in [-0.25, -0.2) is 8.42 Å². The van der Waals surface area contributed by atoms with Crippen LogP contribution in [-0.4, -0.2) is 36.4 Å². The zero-order valence-electron chi connectivity index (χ0n) is 11.0. The number of hydrogen-bond donors (Lipinski definition) is 0. The van der Waals surface area contributed by atoms with Gasteiger partial charge in [0, 0.05) is 18.5 Å². The van der Waals surface area contributed by atoms with E-state index in [1.54, 1.807) is 4.31 Å². The number of rotatable bonds is 5. The van der Waals surface area contributed by atoms with E-state index in [9.17, 15) is 8.42 Å². The molecule has 0 aromatic heterocycles. The molecular weight excluding hydrogens is 270 g/mol. The van der Waals surface area contributed by atoms with Crippen LogP contribution in [0.5, 0.6) is 0 Å². The van der Waals surface area contributed by atoms with E-state index in [0.717, 1.165) is 51.4 Å². The van der Waals surface area contributed by atoms with Gasteiger partial charge >= 0.3 is 0 Å². The highest BCUT2D eigenvalue weighted by atomic mass is 35.5. The maximum absolute atomic E-state index is 12.7. The molecule has 0 unspecified atom stereocenters. The van der Waals surface area contributed by atoms with E-state index in [2.05, 4.69) is 0 Å². The first-order valence-electron chi connectivity index (χ1n) is 7.23. The molecule has 18 heavy (non-hydrogen) atoms. The minimum atomic E-state index is -3.11. The summed E-state index contributed by atoms with van der Waals surface area (Å²) in [4.78, 5) is 0. The van der Waals surface area contributed by atoms with Crippen molar-refractivity contribution in [2.45, 2.75) is 69.1 Å². The van der Waals surface area contributed by atoms with Crippen molar-refractivity contribution in [1.82, 2.24) is 4.31 Å². The molecule has 106 valence electrons. The Labute approximate surface area is 116 Å². The van der Waals surface area contributed by atoms with Crippen molar-refractivity contribution in [3.05, 3.63) is 0 Å². The molecule has 0 spiro atoms. The fourth-order valence-corrected chi connectivity index (χ4v) is 5.91. The van der Waals surface area contributed by atoms with E-state index in [1.807, 2.05) is 0 Å². The molecule has 0 heterocycles. The Morgan fingerprint density at radius 1 is 0.944 bits per heavy atom. The second kappa shape index (κ2) is 6.58. The number of nitrogens with zero attached hydrogens (tertiary/aromatic N) is 1. The molecule has 0 radical (unpaired) electrons. The quantitative estimate of drug-likeness (QED) is 0.730. The van der Waals surface area contributed by atoms with Crippen LogP contribution >= 0.6 is 11.6 Å². The van der Waals surface area contributed by atoms with Crippen molar-refractivity contribution < 1.29 is 8.42 Å². The molecule has 0 amide bonds. The lowest BCUT2D eigenvalue weighted by Gasteiger charge is -2.34. The average molecular weight is 294 g/mol. The lowest BCUT2D eigenvalue weighted by atomic mass is 9.95. The molecule has 2 aliphatic carbocycles. The SMILES string of the molecule is O=S(=O)(C1CCCC1)N(CCCl)C1CCCCC1. The molecule has 0 saturated heterocycles. The number of sulfonamides is 1. The van der Waals surface area contributed by atoms with Crippen molar-refractivity contribution in [3.63, 3.8) is 0 Å². The zero-order chi connectivity index (χ0) is 13.0. The van der Waals surface area contributed by atoms with Gasteiger partial charge in [-0.2, -0.15) is 4.31 Å². The van der Waals surface area contributed by atoms with Crippen molar-refractivity contribution in [2.24, 2.45) is 0 Å². The maximum Gasteiger partial charge on any atom is 0.217 e. The highest BCUT2D eigenvalue weighted by Gasteiger charge is 2.37. The molecular formula is C13H24ClNO2S. The van der Waals surface area contributed by atoms with E-state index < -0.39 is 10.0 Å². The largest absolute Gasteiger partial charge is 0.217 e. The van der Waals surface area contributed by atoms with Crippen molar-refractivity contribution in [2.75, 3.05) is 12.4 Å². The fraction of sp³-hybridized carbons (Fsp3) is 1.00. The third-order valence-electron chi connectivity index (χ3n) is 4.34. The van der Waals surface area contributed by atoms with E-state index in [-0.39, 0.29) is 11.3 Å². The van der Waals surface area contributed by atoms with Gasteiger partial charge in [0.05, 0.1) is 5.25 Å². The Morgan fingerprint density at radius 2 is 1.50 bits per heavy atom. The van der Waals surface area contributed by atoms with Crippen molar-refractivity contribution in [3.8, 4) is 0 Å². The molecule has 2 aliphatic rings. The molecule has 0 aromatic carbocycles. The lowest BCUT2D eigenvalue weighted by Crippen LogP contribution is -2.46. The van der Waals surface area contributed by atoms with Crippen molar-refractivity contribution in [1.29, 1.82) is 0 Å². The first-order valence-corrected chi connectivity index (χ1v) is 9.26. The van der Waals surface area contributed by atoms with Crippen LogP contribution in [0.3, 0.4) is 0 Å². The molecule has 0 aliphatic heterocycles. The Kier molecular flexibility index (Phi) is 5.34. The van der Waals surface area contributed by atoms with E-state index in [4.69, 9.17) is 11.6 Å². The van der Waals surface area contributed by atoms with Crippen LogP contribution in [0.15, 0.2) is 0 Å². The Balaban J connectivity index is 2.11. The van der Waals surface area contributed by atoms with Crippen LogP contribution in [0.4, 0.5) is 0 Å². The lowest BCUT2D eigenvalue weighted by molar-refractivity contribution is 0.260. The third-order valence-corrected chi connectivity index (χ3v) is 6.95. The molecule has 0 aromatic rings. The van der Waals surface area contributed by atoms with Crippen LogP contribution in [0.1, 0.15) is 57.8 Å². The summed E-state index contributed by atoms with van der Waals surface area (Å²) in [5, 5.41) is -0.136. The minimum absolute atomic E-state index is 0.136. The Hall–Kier alpha value is 0.200. The molecule has 2 saturated carbocycles. The summed E-state index contributed by atoms with van der Waals surface area (Å²) in [6, 6.07) is 0.211. The standard InChI is InChI=1S/C13H24ClNO2S/c14-10-11-15(12-6-2-1-3-7-12)18(16,17)13-8-4-5-9-13/h12-13H,1-11H2. The highest BCUT2D eigenvalue weighted by molar-refractivity contribution is 7.89. The molecule has 0 atom stereocenters. The second-order valence-corrected chi connectivity index (χ2v) is 8.09. The highest BCUT2D eigenvalue weighted by Crippen LogP contribution is 2.31. The predicted octanol–water partition coefficient (Wildman–Crippen LogP) is 3.13. The van der Waals surface area contributed by atoms with Gasteiger partial charge < -0.3 is 0 Å². The fourth-order valence-electron chi connectivity index (χ4n) is 3.35. The van der Waals surface area contributed by atoms with Gasteiger partial charge in [-0.05, 0) is 25.7 Å². The minimum Gasteiger partial charge on any atom is -0.212 e. The van der Waals surface area contributed by atoms with Crippen molar-refractivity contribution >= 4 is 21.6 Å². The zero-order valence-corrected chi connectivity index (χ0v) is 12.6. The normalized spacial score (nSPS) is 23.9. The summed E-state index contributed by atoms with van der Waals surface area (Å²) >= 11 is 5.82. The summed E-state index contributed by atoms with van der Waals surface area (Å²) < 4.78 is 27.1. The number of alkyl halides is 1. The van der Waals surface area contributed by atoms with Gasteiger partial charge in [0.15, 0.2) is 0 Å². The van der Waals surface area contributed by atoms with Crippen LogP contribution < -0.4 is 0 Å². The van der Waals surface area contributed by atoms with Crippen LogP contribution in [0.2, 0.25) is 0 Å². The summed E-state index contributed by atoms with van der Waals surface area (Å²) in [6.45, 7) is 0.491. The molecule has 0 N–H and O–H groups in total. The molecule has 2 fully saturated rings. The third kappa shape index (κ3) is 3.20. The van der Waals surface area contributed by atoms with Gasteiger partial charge in [-0.1, -0.05) is 32.1 Å². The average Bonchev–Trinajstić information content (AvgIpc) is 2.91. The molecule has 5 heteroatoms. The van der Waals surface area contributed by atoms with Gasteiger partial charge in [-0.15, -0.1) is 11.6 Å². The summed E-state index contributed by atoms with van der Waals surface area (Å²) in [7, 11) is -3.11. The summed E-state index contributed by atoms with van der Waals surface area (Å²) in [5.74, 6) is 0.405. The summed E-state index contributed by atoms with van der Waals surface area (Å²) in [5.41, 5.74) is 0. The second-order valence-electron chi connectivity index (χ2n) is 5.54. The van der Waals surface area contributed by atoms with Gasteiger partial charge in [0.25, 0.3) is 0 Å². The Bertz CT molecular complexity index is 346.